The zero-order valence-corrected chi connectivity index (χ0v) is 17.7. The van der Waals surface area contributed by atoms with Crippen molar-refractivity contribution in [2.75, 3.05) is 18.8 Å². The molecule has 1 unspecified atom stereocenters. The van der Waals surface area contributed by atoms with Crippen LogP contribution in [0.2, 0.25) is 0 Å². The average Bonchev–Trinajstić information content (AvgIpc) is 3.37. The van der Waals surface area contributed by atoms with Gasteiger partial charge >= 0.3 is 0 Å². The third kappa shape index (κ3) is 3.55. The van der Waals surface area contributed by atoms with E-state index < -0.39 is 10.0 Å². The molecule has 5 rings (SSSR count). The lowest BCUT2D eigenvalue weighted by Crippen LogP contribution is -2.34. The highest BCUT2D eigenvalue weighted by Gasteiger charge is 2.33. The molecule has 0 amide bonds. The Morgan fingerprint density at radius 1 is 1.14 bits per heavy atom. The summed E-state index contributed by atoms with van der Waals surface area (Å²) < 4.78 is 27.3. The molecule has 1 atom stereocenters. The summed E-state index contributed by atoms with van der Waals surface area (Å²) in [6.07, 6.45) is 12.7. The Morgan fingerprint density at radius 3 is 2.72 bits per heavy atom. The monoisotopic (exact) mass is 412 g/mol. The zero-order chi connectivity index (χ0) is 20.0. The van der Waals surface area contributed by atoms with E-state index in [4.69, 9.17) is 0 Å². The van der Waals surface area contributed by atoms with Crippen molar-refractivity contribution < 1.29 is 8.42 Å². The van der Waals surface area contributed by atoms with Gasteiger partial charge in [0.05, 0.1) is 5.75 Å². The molecular weight excluding hydrogens is 384 g/mol. The van der Waals surface area contributed by atoms with E-state index in [0.29, 0.717) is 30.7 Å². The molecule has 0 radical (unpaired) electrons. The molecule has 7 heteroatoms. The average molecular weight is 413 g/mol. The smallest absolute Gasteiger partial charge is 0.214 e. The highest BCUT2D eigenvalue weighted by molar-refractivity contribution is 7.89. The first-order valence-corrected chi connectivity index (χ1v) is 12.3. The van der Waals surface area contributed by atoms with Gasteiger partial charge in [-0.25, -0.2) is 17.7 Å². The highest BCUT2D eigenvalue weighted by Crippen LogP contribution is 2.40. The number of H-pyrrole nitrogens is 1. The minimum absolute atomic E-state index is 0.268. The van der Waals surface area contributed by atoms with Crippen molar-refractivity contribution in [2.45, 2.75) is 44.9 Å². The number of hydrogen-bond donors (Lipinski definition) is 1. The van der Waals surface area contributed by atoms with Gasteiger partial charge in [-0.1, -0.05) is 6.92 Å². The lowest BCUT2D eigenvalue weighted by Gasteiger charge is -2.30. The zero-order valence-electron chi connectivity index (χ0n) is 16.8. The van der Waals surface area contributed by atoms with Crippen LogP contribution in [0.5, 0.6) is 0 Å². The predicted octanol–water partition coefficient (Wildman–Crippen LogP) is 4.06. The highest BCUT2D eigenvalue weighted by atomic mass is 32.2. The SMILES string of the molecule is CC1CCN(S(=O)(=O)CC2CCC(c3cncc4cnc5[nH]ccc5c34)CC2)C1. The molecule has 0 aromatic carbocycles. The molecule has 2 aliphatic rings. The van der Waals surface area contributed by atoms with Crippen LogP contribution < -0.4 is 0 Å². The Labute approximate surface area is 171 Å². The summed E-state index contributed by atoms with van der Waals surface area (Å²) in [6, 6.07) is 2.09. The minimum atomic E-state index is -3.12. The van der Waals surface area contributed by atoms with Crippen molar-refractivity contribution >= 4 is 31.8 Å². The van der Waals surface area contributed by atoms with Crippen LogP contribution in [0.1, 0.15) is 50.5 Å². The first kappa shape index (κ1) is 19.0. The Morgan fingerprint density at radius 2 is 1.97 bits per heavy atom. The van der Waals surface area contributed by atoms with Crippen molar-refractivity contribution in [2.24, 2.45) is 11.8 Å². The summed E-state index contributed by atoms with van der Waals surface area (Å²) in [6.45, 7) is 3.52. The van der Waals surface area contributed by atoms with Gasteiger partial charge in [-0.3, -0.25) is 4.98 Å². The fourth-order valence-electron chi connectivity index (χ4n) is 5.21. The summed E-state index contributed by atoms with van der Waals surface area (Å²) in [7, 11) is -3.12. The van der Waals surface area contributed by atoms with Crippen LogP contribution in [-0.4, -0.2) is 46.5 Å². The molecule has 29 heavy (non-hydrogen) atoms. The van der Waals surface area contributed by atoms with Crippen molar-refractivity contribution in [3.05, 3.63) is 36.4 Å². The van der Waals surface area contributed by atoms with Crippen LogP contribution in [0.15, 0.2) is 30.9 Å². The third-order valence-electron chi connectivity index (χ3n) is 6.84. The number of aromatic amines is 1. The van der Waals surface area contributed by atoms with Crippen LogP contribution in [0.3, 0.4) is 0 Å². The molecule has 1 N–H and O–H groups in total. The number of nitrogens with zero attached hydrogens (tertiary/aromatic N) is 3. The molecule has 1 saturated heterocycles. The summed E-state index contributed by atoms with van der Waals surface area (Å²) >= 11 is 0. The molecule has 4 heterocycles. The van der Waals surface area contributed by atoms with Gasteiger partial charge in [0.25, 0.3) is 0 Å². The molecule has 6 nitrogen and oxygen atoms in total. The second kappa shape index (κ2) is 7.36. The first-order valence-electron chi connectivity index (χ1n) is 10.7. The predicted molar refractivity (Wildman–Crippen MR) is 115 cm³/mol. The van der Waals surface area contributed by atoms with E-state index in [1.807, 2.05) is 24.8 Å². The van der Waals surface area contributed by atoms with E-state index in [9.17, 15) is 8.42 Å². The lowest BCUT2D eigenvalue weighted by atomic mass is 9.78. The van der Waals surface area contributed by atoms with Gasteiger partial charge < -0.3 is 4.98 Å². The van der Waals surface area contributed by atoms with Crippen LogP contribution in [0.25, 0.3) is 21.8 Å². The number of pyridine rings is 2. The largest absolute Gasteiger partial charge is 0.346 e. The van der Waals surface area contributed by atoms with Crippen LogP contribution in [0, 0.1) is 11.8 Å². The fraction of sp³-hybridized carbons (Fsp3) is 0.545. The van der Waals surface area contributed by atoms with Crippen LogP contribution in [0.4, 0.5) is 0 Å². The van der Waals surface area contributed by atoms with Gasteiger partial charge in [-0.05, 0) is 61.5 Å². The maximum atomic E-state index is 12.8. The van der Waals surface area contributed by atoms with Gasteiger partial charge in [0.1, 0.15) is 5.65 Å². The summed E-state index contributed by atoms with van der Waals surface area (Å²) in [5.41, 5.74) is 2.19. The van der Waals surface area contributed by atoms with Crippen molar-refractivity contribution in [1.82, 2.24) is 19.3 Å². The number of sulfonamides is 1. The molecular formula is C22H28N4O2S. The number of aromatic nitrogens is 3. The summed E-state index contributed by atoms with van der Waals surface area (Å²) in [5, 5.41) is 3.46. The second-order valence-electron chi connectivity index (χ2n) is 8.94. The molecule has 3 aromatic heterocycles. The standard InChI is InChI=1S/C22H28N4O2S/c1-15-7-9-26(13-15)29(27,28)14-16-2-4-17(5-3-16)20-12-23-10-18-11-25-22-19(21(18)20)6-8-24-22/h6,8,10-12,15-17H,2-5,7,9,13-14H2,1H3,(H,24,25). The molecule has 1 aliphatic carbocycles. The normalized spacial score (nSPS) is 26.4. The molecule has 154 valence electrons. The number of nitrogens with one attached hydrogen (secondary N) is 1. The fourth-order valence-corrected chi connectivity index (χ4v) is 7.21. The van der Waals surface area contributed by atoms with Gasteiger partial charge in [0, 0.05) is 54.0 Å². The van der Waals surface area contributed by atoms with E-state index in [0.717, 1.165) is 48.5 Å². The Kier molecular flexibility index (Phi) is 4.82. The van der Waals surface area contributed by atoms with E-state index in [1.54, 1.807) is 4.31 Å². The number of fused-ring (bicyclic) bond motifs is 3. The molecule has 0 bridgehead atoms. The van der Waals surface area contributed by atoms with Crippen LogP contribution >= 0.6 is 0 Å². The summed E-state index contributed by atoms with van der Waals surface area (Å²) in [4.78, 5) is 12.1. The number of hydrogen-bond acceptors (Lipinski definition) is 4. The Bertz CT molecular complexity index is 1130. The Balaban J connectivity index is 1.33. The molecule has 0 spiro atoms. The van der Waals surface area contributed by atoms with Crippen molar-refractivity contribution in [3.8, 4) is 0 Å². The second-order valence-corrected chi connectivity index (χ2v) is 11.0. The van der Waals surface area contributed by atoms with E-state index in [2.05, 4.69) is 27.9 Å². The van der Waals surface area contributed by atoms with E-state index in [1.165, 1.54) is 10.9 Å². The van der Waals surface area contributed by atoms with E-state index in [-0.39, 0.29) is 5.92 Å². The Hall–Kier alpha value is -1.99. The molecule has 3 aromatic rings. The van der Waals surface area contributed by atoms with Crippen molar-refractivity contribution in [1.29, 1.82) is 0 Å². The molecule has 1 saturated carbocycles. The maximum absolute atomic E-state index is 12.8. The third-order valence-corrected chi connectivity index (χ3v) is 8.86. The number of rotatable bonds is 4. The van der Waals surface area contributed by atoms with E-state index >= 15 is 0 Å². The van der Waals surface area contributed by atoms with Gasteiger partial charge in [0.2, 0.25) is 10.0 Å². The maximum Gasteiger partial charge on any atom is 0.214 e. The molecule has 2 fully saturated rings. The quantitative estimate of drug-likeness (QED) is 0.701. The minimum Gasteiger partial charge on any atom is -0.346 e. The van der Waals surface area contributed by atoms with Crippen molar-refractivity contribution in [3.63, 3.8) is 0 Å². The summed E-state index contributed by atoms with van der Waals surface area (Å²) in [5.74, 6) is 1.49. The molecule has 1 aliphatic heterocycles. The van der Waals surface area contributed by atoms with Gasteiger partial charge in [-0.2, -0.15) is 0 Å². The van der Waals surface area contributed by atoms with Gasteiger partial charge in [0.15, 0.2) is 0 Å². The van der Waals surface area contributed by atoms with Crippen LogP contribution in [-0.2, 0) is 10.0 Å². The lowest BCUT2D eigenvalue weighted by molar-refractivity contribution is 0.343. The first-order chi connectivity index (χ1) is 14.0. The van der Waals surface area contributed by atoms with Gasteiger partial charge in [-0.15, -0.1) is 0 Å². The topological polar surface area (TPSA) is 79.0 Å².